The molecule has 2 nitrogen and oxygen atoms in total. The number of halogens is 2. The molecule has 0 atom stereocenters. The number of hydrogen-bond donors (Lipinski definition) is 1. The summed E-state index contributed by atoms with van der Waals surface area (Å²) in [5.41, 5.74) is 0.184. The second-order valence-electron chi connectivity index (χ2n) is 1.89. The van der Waals surface area contributed by atoms with Gasteiger partial charge in [0.25, 0.3) is 0 Å². The first-order chi connectivity index (χ1) is 5.24. The maximum absolute atomic E-state index is 12.8. The van der Waals surface area contributed by atoms with Gasteiger partial charge in [-0.25, -0.2) is 4.39 Å². The topological polar surface area (TPSA) is 29.1 Å². The lowest BCUT2D eigenvalue weighted by molar-refractivity contribution is -0.105. The summed E-state index contributed by atoms with van der Waals surface area (Å²) in [6.45, 7) is 0. The van der Waals surface area contributed by atoms with E-state index in [-0.39, 0.29) is 5.69 Å². The number of rotatable bonds is 2. The van der Waals surface area contributed by atoms with E-state index in [4.69, 9.17) is 0 Å². The standard InChI is InChI=1S/C7H5BrFNO/c8-5-1-2-7(10-4-11)6(9)3-5/h1-4H,(H,10,11). The van der Waals surface area contributed by atoms with Crippen molar-refractivity contribution in [2.45, 2.75) is 0 Å². The van der Waals surface area contributed by atoms with Crippen LogP contribution >= 0.6 is 15.9 Å². The number of nitrogens with one attached hydrogen (secondary N) is 1. The van der Waals surface area contributed by atoms with E-state index in [1.54, 1.807) is 6.07 Å². The van der Waals surface area contributed by atoms with E-state index in [9.17, 15) is 9.18 Å². The number of benzene rings is 1. The minimum absolute atomic E-state index is 0.184. The van der Waals surface area contributed by atoms with E-state index in [1.807, 2.05) is 0 Å². The van der Waals surface area contributed by atoms with E-state index in [2.05, 4.69) is 21.2 Å². The third-order valence-electron chi connectivity index (χ3n) is 1.15. The molecule has 1 aromatic rings. The molecule has 1 aromatic carbocycles. The maximum atomic E-state index is 12.8. The molecule has 4 heteroatoms. The number of hydrogen-bond acceptors (Lipinski definition) is 1. The van der Waals surface area contributed by atoms with E-state index in [1.165, 1.54) is 12.1 Å². The zero-order valence-electron chi connectivity index (χ0n) is 5.47. The highest BCUT2D eigenvalue weighted by Crippen LogP contribution is 2.18. The monoisotopic (exact) mass is 217 g/mol. The molecule has 0 bridgehead atoms. The van der Waals surface area contributed by atoms with E-state index < -0.39 is 5.82 Å². The van der Waals surface area contributed by atoms with Gasteiger partial charge in [-0.1, -0.05) is 15.9 Å². The van der Waals surface area contributed by atoms with Gasteiger partial charge in [0.05, 0.1) is 5.69 Å². The Hall–Kier alpha value is -0.900. The van der Waals surface area contributed by atoms with Gasteiger partial charge in [-0.05, 0) is 18.2 Å². The van der Waals surface area contributed by atoms with E-state index in [0.29, 0.717) is 10.9 Å². The Labute approximate surface area is 71.5 Å². The first-order valence-corrected chi connectivity index (χ1v) is 3.68. The Morgan fingerprint density at radius 3 is 2.82 bits per heavy atom. The first-order valence-electron chi connectivity index (χ1n) is 2.89. The smallest absolute Gasteiger partial charge is 0.211 e. The molecule has 11 heavy (non-hydrogen) atoms. The zero-order valence-corrected chi connectivity index (χ0v) is 7.06. The minimum atomic E-state index is -0.452. The highest BCUT2D eigenvalue weighted by Gasteiger charge is 1.99. The molecule has 0 radical (unpaired) electrons. The van der Waals surface area contributed by atoms with Crippen molar-refractivity contribution in [3.8, 4) is 0 Å². The normalized spacial score (nSPS) is 9.27. The van der Waals surface area contributed by atoms with Crippen LogP contribution in [0.5, 0.6) is 0 Å². The van der Waals surface area contributed by atoms with Gasteiger partial charge in [0, 0.05) is 4.47 Å². The van der Waals surface area contributed by atoms with Gasteiger partial charge in [0.15, 0.2) is 0 Å². The summed E-state index contributed by atoms with van der Waals surface area (Å²) in [6.07, 6.45) is 0.437. The molecule has 0 unspecified atom stereocenters. The average molecular weight is 218 g/mol. The van der Waals surface area contributed by atoms with Crippen molar-refractivity contribution >= 4 is 28.0 Å². The Morgan fingerprint density at radius 1 is 1.55 bits per heavy atom. The van der Waals surface area contributed by atoms with Crippen LogP contribution in [0.4, 0.5) is 10.1 Å². The lowest BCUT2D eigenvalue weighted by Gasteiger charge is -1.99. The van der Waals surface area contributed by atoms with Crippen LogP contribution in [0.1, 0.15) is 0 Å². The molecule has 0 aliphatic rings. The third-order valence-corrected chi connectivity index (χ3v) is 1.64. The summed E-state index contributed by atoms with van der Waals surface area (Å²) in [6, 6.07) is 4.41. The zero-order chi connectivity index (χ0) is 8.27. The molecule has 0 heterocycles. The van der Waals surface area contributed by atoms with Crippen LogP contribution in [0.25, 0.3) is 0 Å². The highest BCUT2D eigenvalue weighted by atomic mass is 79.9. The van der Waals surface area contributed by atoms with Gasteiger partial charge >= 0.3 is 0 Å². The first kappa shape index (κ1) is 8.20. The van der Waals surface area contributed by atoms with Crippen LogP contribution in [0.3, 0.4) is 0 Å². The number of carbonyl (C=O) groups is 1. The summed E-state index contributed by atoms with van der Waals surface area (Å²) in [7, 11) is 0. The molecule has 58 valence electrons. The quantitative estimate of drug-likeness (QED) is 0.757. The third kappa shape index (κ3) is 2.01. The number of anilines is 1. The molecule has 0 aliphatic carbocycles. The Bertz CT molecular complexity index is 277. The van der Waals surface area contributed by atoms with Crippen LogP contribution in [0.15, 0.2) is 22.7 Å². The van der Waals surface area contributed by atoms with Gasteiger partial charge in [-0.15, -0.1) is 0 Å². The van der Waals surface area contributed by atoms with Crippen LogP contribution in [-0.4, -0.2) is 6.41 Å². The SMILES string of the molecule is O=CNc1ccc(Br)cc1F. The second-order valence-corrected chi connectivity index (χ2v) is 2.80. The van der Waals surface area contributed by atoms with E-state index >= 15 is 0 Å². The van der Waals surface area contributed by atoms with Crippen molar-refractivity contribution in [1.82, 2.24) is 0 Å². The highest BCUT2D eigenvalue weighted by molar-refractivity contribution is 9.10. The largest absolute Gasteiger partial charge is 0.326 e. The van der Waals surface area contributed by atoms with Crippen molar-refractivity contribution in [2.75, 3.05) is 5.32 Å². The van der Waals surface area contributed by atoms with Crippen molar-refractivity contribution in [2.24, 2.45) is 0 Å². The summed E-state index contributed by atoms with van der Waals surface area (Å²) >= 11 is 3.09. The Kier molecular flexibility index (Phi) is 2.59. The van der Waals surface area contributed by atoms with Crippen LogP contribution < -0.4 is 5.32 Å². The summed E-state index contributed by atoms with van der Waals surface area (Å²) in [4.78, 5) is 9.92. The predicted molar refractivity (Wildman–Crippen MR) is 43.8 cm³/mol. The molecule has 0 spiro atoms. The number of carbonyl (C=O) groups excluding carboxylic acids is 1. The molecular weight excluding hydrogens is 213 g/mol. The predicted octanol–water partition coefficient (Wildman–Crippen LogP) is 2.16. The average Bonchev–Trinajstić information content (AvgIpc) is 1.95. The summed E-state index contributed by atoms with van der Waals surface area (Å²) in [5, 5.41) is 2.23. The van der Waals surface area contributed by atoms with Crippen molar-refractivity contribution in [3.05, 3.63) is 28.5 Å². The van der Waals surface area contributed by atoms with Gasteiger partial charge < -0.3 is 5.32 Å². The maximum Gasteiger partial charge on any atom is 0.211 e. The summed E-state index contributed by atoms with van der Waals surface area (Å²) in [5.74, 6) is -0.452. The van der Waals surface area contributed by atoms with Crippen LogP contribution in [0.2, 0.25) is 0 Å². The molecule has 1 amide bonds. The Balaban J connectivity index is 2.98. The van der Waals surface area contributed by atoms with Gasteiger partial charge in [0.1, 0.15) is 5.82 Å². The lowest BCUT2D eigenvalue weighted by atomic mass is 10.3. The second kappa shape index (κ2) is 3.48. The van der Waals surface area contributed by atoms with Crippen LogP contribution in [-0.2, 0) is 4.79 Å². The fraction of sp³-hybridized carbons (Fsp3) is 0. The molecule has 1 rings (SSSR count). The molecule has 0 aliphatic heterocycles. The molecule has 0 saturated heterocycles. The van der Waals surface area contributed by atoms with E-state index in [0.717, 1.165) is 0 Å². The molecule has 0 fully saturated rings. The lowest BCUT2D eigenvalue weighted by Crippen LogP contribution is -1.96. The summed E-state index contributed by atoms with van der Waals surface area (Å²) < 4.78 is 13.4. The molecule has 0 aromatic heterocycles. The fourth-order valence-corrected chi connectivity index (χ4v) is 1.00. The van der Waals surface area contributed by atoms with Crippen LogP contribution in [0, 0.1) is 5.82 Å². The molecular formula is C7H5BrFNO. The molecule has 0 saturated carbocycles. The van der Waals surface area contributed by atoms with Crippen molar-refractivity contribution in [1.29, 1.82) is 0 Å². The van der Waals surface area contributed by atoms with Crippen molar-refractivity contribution < 1.29 is 9.18 Å². The number of amides is 1. The van der Waals surface area contributed by atoms with Crippen molar-refractivity contribution in [3.63, 3.8) is 0 Å². The van der Waals surface area contributed by atoms with Gasteiger partial charge in [-0.3, -0.25) is 4.79 Å². The minimum Gasteiger partial charge on any atom is -0.326 e. The molecule has 1 N–H and O–H groups in total. The van der Waals surface area contributed by atoms with Gasteiger partial charge in [-0.2, -0.15) is 0 Å². The Morgan fingerprint density at radius 2 is 2.27 bits per heavy atom. The van der Waals surface area contributed by atoms with Gasteiger partial charge in [0.2, 0.25) is 6.41 Å². The fourth-order valence-electron chi connectivity index (χ4n) is 0.670.